The number of halogens is 1. The van der Waals surface area contributed by atoms with Crippen LogP contribution in [0.1, 0.15) is 31.4 Å². The summed E-state index contributed by atoms with van der Waals surface area (Å²) in [5.74, 6) is 2.43. The van der Waals surface area contributed by atoms with E-state index >= 15 is 0 Å². The smallest absolute Gasteiger partial charge is 0.227 e. The van der Waals surface area contributed by atoms with Gasteiger partial charge in [-0.3, -0.25) is 4.98 Å². The first kappa shape index (κ1) is 19.6. The molecule has 31 heavy (non-hydrogen) atoms. The Morgan fingerprint density at radius 3 is 2.58 bits per heavy atom. The second-order valence-corrected chi connectivity index (χ2v) is 8.30. The average molecular weight is 421 g/mol. The van der Waals surface area contributed by atoms with E-state index in [4.69, 9.17) is 0 Å². The topological polar surface area (TPSA) is 99.1 Å². The summed E-state index contributed by atoms with van der Waals surface area (Å²) >= 11 is 0. The molecule has 0 radical (unpaired) electrons. The van der Waals surface area contributed by atoms with Crippen molar-refractivity contribution in [3.8, 4) is 0 Å². The molecule has 1 aliphatic carbocycles. The van der Waals surface area contributed by atoms with E-state index in [1.54, 1.807) is 30.7 Å². The number of rotatable bonds is 7. The lowest BCUT2D eigenvalue weighted by atomic mass is 9.89. The van der Waals surface area contributed by atoms with Crippen LogP contribution in [0.5, 0.6) is 0 Å². The van der Waals surface area contributed by atoms with E-state index < -0.39 is 5.60 Å². The predicted octanol–water partition coefficient (Wildman–Crippen LogP) is 3.28. The summed E-state index contributed by atoms with van der Waals surface area (Å²) in [7, 11) is 0. The minimum atomic E-state index is -0.613. The number of β-amino-alcohol motifs (C(OH)–C–C–N with tert-alkyl or cyclic N) is 1. The van der Waals surface area contributed by atoms with Crippen molar-refractivity contribution in [2.75, 3.05) is 28.6 Å². The zero-order chi connectivity index (χ0) is 21.4. The van der Waals surface area contributed by atoms with Crippen LogP contribution in [-0.4, -0.2) is 43.7 Å². The van der Waals surface area contributed by atoms with Crippen LogP contribution in [0.4, 0.5) is 27.8 Å². The molecular weight excluding hydrogens is 397 g/mol. The number of hydrogen-bond acceptors (Lipinski definition) is 8. The van der Waals surface area contributed by atoms with Crippen LogP contribution in [0.3, 0.4) is 0 Å². The molecular formula is C22H24FN7O. The Balaban J connectivity index is 1.39. The minimum absolute atomic E-state index is 0.125. The Kier molecular flexibility index (Phi) is 4.90. The van der Waals surface area contributed by atoms with Gasteiger partial charge in [0.1, 0.15) is 28.9 Å². The van der Waals surface area contributed by atoms with Crippen molar-refractivity contribution in [3.05, 3.63) is 60.3 Å². The zero-order valence-corrected chi connectivity index (χ0v) is 17.2. The van der Waals surface area contributed by atoms with Crippen LogP contribution in [0, 0.1) is 11.7 Å². The summed E-state index contributed by atoms with van der Waals surface area (Å²) in [5.41, 5.74) is 0.309. The summed E-state index contributed by atoms with van der Waals surface area (Å²) in [4.78, 5) is 19.6. The molecule has 0 amide bonds. The van der Waals surface area contributed by atoms with Crippen LogP contribution in [0.2, 0.25) is 0 Å². The Labute approximate surface area is 179 Å². The molecule has 0 bridgehead atoms. The van der Waals surface area contributed by atoms with E-state index in [1.807, 2.05) is 13.0 Å². The molecule has 1 aromatic carbocycles. The van der Waals surface area contributed by atoms with Crippen molar-refractivity contribution in [2.45, 2.75) is 31.4 Å². The Morgan fingerprint density at radius 2 is 1.90 bits per heavy atom. The molecule has 1 atom stereocenters. The van der Waals surface area contributed by atoms with Gasteiger partial charge in [0.15, 0.2) is 0 Å². The summed E-state index contributed by atoms with van der Waals surface area (Å²) < 4.78 is 13.3. The lowest BCUT2D eigenvalue weighted by molar-refractivity contribution is -0.00973. The minimum Gasteiger partial charge on any atom is -0.386 e. The number of aliphatic hydroxyl groups is 1. The number of nitrogens with zero attached hydrogens (tertiary/aromatic N) is 5. The second-order valence-electron chi connectivity index (χ2n) is 8.30. The Morgan fingerprint density at radius 1 is 1.13 bits per heavy atom. The number of aromatic nitrogens is 4. The van der Waals surface area contributed by atoms with Crippen LogP contribution < -0.4 is 15.5 Å². The van der Waals surface area contributed by atoms with Gasteiger partial charge in [0.05, 0.1) is 25.3 Å². The highest BCUT2D eigenvalue weighted by atomic mass is 19.1. The molecule has 8 nitrogen and oxygen atoms in total. The first-order valence-corrected chi connectivity index (χ1v) is 10.4. The van der Waals surface area contributed by atoms with Crippen molar-refractivity contribution in [2.24, 2.45) is 5.92 Å². The van der Waals surface area contributed by atoms with Gasteiger partial charge < -0.3 is 20.6 Å². The molecule has 3 heterocycles. The molecule has 2 aromatic heterocycles. The SMILES string of the molecule is C[C@H](Nc1nc(Nc2cnccn2)cc(N2CC(O)(C3CC3)C2)n1)c1ccc(F)cc1. The highest BCUT2D eigenvalue weighted by Gasteiger charge is 2.52. The van der Waals surface area contributed by atoms with Crippen LogP contribution in [0.25, 0.3) is 0 Å². The van der Waals surface area contributed by atoms with Crippen molar-refractivity contribution < 1.29 is 9.50 Å². The summed E-state index contributed by atoms with van der Waals surface area (Å²) in [6, 6.07) is 8.06. The van der Waals surface area contributed by atoms with E-state index in [0.717, 1.165) is 24.2 Å². The van der Waals surface area contributed by atoms with Gasteiger partial charge >= 0.3 is 0 Å². The highest BCUT2D eigenvalue weighted by Crippen LogP contribution is 2.45. The van der Waals surface area contributed by atoms with Crippen LogP contribution >= 0.6 is 0 Å². The van der Waals surface area contributed by atoms with E-state index in [1.165, 1.54) is 12.1 Å². The number of nitrogens with one attached hydrogen (secondary N) is 2. The third kappa shape index (κ3) is 4.27. The maximum atomic E-state index is 13.3. The molecule has 3 aromatic rings. The standard InChI is InChI=1S/C22H24FN7O/c1-14(15-2-6-17(23)7-3-15)26-21-28-18(27-19-11-24-8-9-25-19)10-20(29-21)30-12-22(31,13-30)16-4-5-16/h2-3,6-11,14,16,31H,4-5,12-13H2,1H3,(H2,25,26,27,28,29)/t14-/m0/s1. The van der Waals surface area contributed by atoms with Crippen molar-refractivity contribution >= 4 is 23.4 Å². The second kappa shape index (κ2) is 7.73. The quantitative estimate of drug-likeness (QED) is 0.535. The van der Waals surface area contributed by atoms with E-state index in [-0.39, 0.29) is 11.9 Å². The lowest BCUT2D eigenvalue weighted by Crippen LogP contribution is -2.63. The van der Waals surface area contributed by atoms with E-state index in [2.05, 4.69) is 35.5 Å². The molecule has 1 saturated carbocycles. The molecule has 2 aliphatic rings. The molecule has 0 spiro atoms. The normalized spacial score (nSPS) is 18.2. The summed E-state index contributed by atoms with van der Waals surface area (Å²) in [6.45, 7) is 3.09. The molecule has 1 aliphatic heterocycles. The molecule has 5 rings (SSSR count). The first-order valence-electron chi connectivity index (χ1n) is 10.4. The monoisotopic (exact) mass is 421 g/mol. The molecule has 1 saturated heterocycles. The third-order valence-corrected chi connectivity index (χ3v) is 5.84. The fourth-order valence-corrected chi connectivity index (χ4v) is 3.90. The lowest BCUT2D eigenvalue weighted by Gasteiger charge is -2.47. The highest BCUT2D eigenvalue weighted by molar-refractivity contribution is 5.60. The van der Waals surface area contributed by atoms with Gasteiger partial charge in [0.2, 0.25) is 5.95 Å². The fourth-order valence-electron chi connectivity index (χ4n) is 3.90. The number of hydrogen-bond donors (Lipinski definition) is 3. The first-order chi connectivity index (χ1) is 15.0. The van der Waals surface area contributed by atoms with Crippen molar-refractivity contribution in [3.63, 3.8) is 0 Å². The van der Waals surface area contributed by atoms with Crippen molar-refractivity contribution in [1.29, 1.82) is 0 Å². The van der Waals surface area contributed by atoms with Gasteiger partial charge in [-0.2, -0.15) is 9.97 Å². The Hall–Kier alpha value is -3.33. The molecule has 2 fully saturated rings. The van der Waals surface area contributed by atoms with Gasteiger partial charge in [-0.1, -0.05) is 12.1 Å². The van der Waals surface area contributed by atoms with Crippen LogP contribution in [-0.2, 0) is 0 Å². The summed E-state index contributed by atoms with van der Waals surface area (Å²) in [6.07, 6.45) is 7.01. The fraction of sp³-hybridized carbons (Fsp3) is 0.364. The average Bonchev–Trinajstić information content (AvgIpc) is 3.58. The molecule has 160 valence electrons. The zero-order valence-electron chi connectivity index (χ0n) is 17.2. The van der Waals surface area contributed by atoms with Crippen LogP contribution in [0.15, 0.2) is 48.9 Å². The van der Waals surface area contributed by atoms with Gasteiger partial charge in [-0.25, -0.2) is 9.37 Å². The Bertz CT molecular complexity index is 1050. The maximum absolute atomic E-state index is 13.3. The molecule has 3 N–H and O–H groups in total. The largest absolute Gasteiger partial charge is 0.386 e. The number of anilines is 4. The predicted molar refractivity (Wildman–Crippen MR) is 116 cm³/mol. The van der Waals surface area contributed by atoms with Gasteiger partial charge in [-0.05, 0) is 43.4 Å². The van der Waals surface area contributed by atoms with E-state index in [0.29, 0.717) is 36.6 Å². The van der Waals surface area contributed by atoms with Gasteiger partial charge in [0, 0.05) is 18.5 Å². The third-order valence-electron chi connectivity index (χ3n) is 5.84. The van der Waals surface area contributed by atoms with Crippen molar-refractivity contribution in [1.82, 2.24) is 19.9 Å². The number of benzene rings is 1. The summed E-state index contributed by atoms with van der Waals surface area (Å²) in [5, 5.41) is 17.2. The van der Waals surface area contributed by atoms with E-state index in [9.17, 15) is 9.50 Å². The van der Waals surface area contributed by atoms with Gasteiger partial charge in [0.25, 0.3) is 0 Å². The maximum Gasteiger partial charge on any atom is 0.227 e. The van der Waals surface area contributed by atoms with Gasteiger partial charge in [-0.15, -0.1) is 0 Å². The molecule has 9 heteroatoms. The molecule has 0 unspecified atom stereocenters.